The van der Waals surface area contributed by atoms with Gasteiger partial charge < -0.3 is 0 Å². The van der Waals surface area contributed by atoms with Gasteiger partial charge in [0.15, 0.2) is 6.10 Å². The molecule has 5 rings (SSSR count). The van der Waals surface area contributed by atoms with E-state index in [0.29, 0.717) is 5.69 Å². The molecule has 2 aliphatic heterocycles. The zero-order valence-electron chi connectivity index (χ0n) is 15.6. The highest BCUT2D eigenvalue weighted by molar-refractivity contribution is 9.10. The second-order valence-corrected chi connectivity index (χ2v) is 8.11. The van der Waals surface area contributed by atoms with E-state index in [1.54, 1.807) is 5.06 Å². The number of amides is 2. The number of benzene rings is 3. The lowest BCUT2D eigenvalue weighted by Crippen LogP contribution is -2.37. The molecule has 0 bridgehead atoms. The third-order valence-electron chi connectivity index (χ3n) is 5.42. The van der Waals surface area contributed by atoms with Gasteiger partial charge in [-0.1, -0.05) is 46.3 Å². The van der Waals surface area contributed by atoms with Crippen molar-refractivity contribution in [3.63, 3.8) is 0 Å². The van der Waals surface area contributed by atoms with Crippen LogP contribution in [0.5, 0.6) is 0 Å². The van der Waals surface area contributed by atoms with Crippen LogP contribution in [0.25, 0.3) is 0 Å². The number of carbonyl (C=O) groups excluding carboxylic acids is 2. The zero-order valence-corrected chi connectivity index (χ0v) is 17.2. The summed E-state index contributed by atoms with van der Waals surface area (Å²) >= 11 is 3.43. The van der Waals surface area contributed by atoms with E-state index < -0.39 is 29.8 Å². The van der Waals surface area contributed by atoms with Crippen LogP contribution in [0, 0.1) is 11.7 Å². The van der Waals surface area contributed by atoms with Gasteiger partial charge in [0.2, 0.25) is 5.91 Å². The van der Waals surface area contributed by atoms with E-state index in [4.69, 9.17) is 4.84 Å². The van der Waals surface area contributed by atoms with Gasteiger partial charge in [-0.3, -0.25) is 14.4 Å². The number of para-hydroxylation sites is 1. The van der Waals surface area contributed by atoms with E-state index in [-0.39, 0.29) is 5.91 Å². The second-order valence-electron chi connectivity index (χ2n) is 7.20. The normalized spacial score (nSPS) is 23.2. The van der Waals surface area contributed by atoms with E-state index in [1.807, 2.05) is 54.6 Å². The molecule has 2 amide bonds. The summed E-state index contributed by atoms with van der Waals surface area (Å²) < 4.78 is 14.2. The number of hydrogen-bond acceptors (Lipinski definition) is 4. The van der Waals surface area contributed by atoms with Gasteiger partial charge in [-0.25, -0.2) is 14.4 Å². The number of halogens is 2. The van der Waals surface area contributed by atoms with E-state index >= 15 is 0 Å². The van der Waals surface area contributed by atoms with Crippen molar-refractivity contribution in [3.05, 3.63) is 94.7 Å². The summed E-state index contributed by atoms with van der Waals surface area (Å²) in [7, 11) is 0. The Morgan fingerprint density at radius 2 is 1.47 bits per heavy atom. The van der Waals surface area contributed by atoms with Crippen molar-refractivity contribution in [3.8, 4) is 0 Å². The Balaban J connectivity index is 1.58. The zero-order chi connectivity index (χ0) is 20.8. The SMILES string of the molecule is O=C1[C@@H]2[C@H](ON(c3ccccc3)[C@H]2c2ccc(Br)cc2)C(=O)N1c1ccc(F)cc1. The van der Waals surface area contributed by atoms with Gasteiger partial charge in [0, 0.05) is 4.47 Å². The summed E-state index contributed by atoms with van der Waals surface area (Å²) in [6.45, 7) is 0. The summed E-state index contributed by atoms with van der Waals surface area (Å²) in [6.07, 6.45) is -0.948. The molecule has 0 saturated carbocycles. The minimum atomic E-state index is -0.948. The molecule has 0 N–H and O–H groups in total. The summed E-state index contributed by atoms with van der Waals surface area (Å²) in [5.74, 6) is -1.96. The van der Waals surface area contributed by atoms with Crippen molar-refractivity contribution in [1.29, 1.82) is 0 Å². The van der Waals surface area contributed by atoms with Crippen molar-refractivity contribution in [1.82, 2.24) is 0 Å². The molecule has 2 aliphatic rings. The number of imide groups is 1. The standard InChI is InChI=1S/C23H16BrFN2O3/c24-15-8-6-14(7-9-15)20-19-21(30-27(20)18-4-2-1-3-5-18)23(29)26(22(19)28)17-12-10-16(25)11-13-17/h1-13,19-21H/t19-,20-,21-/m0/s1. The Kier molecular flexibility index (Phi) is 4.64. The molecule has 3 aromatic carbocycles. The highest BCUT2D eigenvalue weighted by Gasteiger charge is 2.60. The molecule has 0 unspecified atom stereocenters. The van der Waals surface area contributed by atoms with Crippen LogP contribution in [-0.4, -0.2) is 17.9 Å². The Morgan fingerprint density at radius 3 is 2.13 bits per heavy atom. The Labute approximate surface area is 180 Å². The van der Waals surface area contributed by atoms with Gasteiger partial charge in [0.25, 0.3) is 5.91 Å². The van der Waals surface area contributed by atoms with Crippen LogP contribution in [-0.2, 0) is 14.4 Å². The number of carbonyl (C=O) groups is 2. The maximum atomic E-state index is 13.4. The fourth-order valence-corrected chi connectivity index (χ4v) is 4.32. The molecule has 150 valence electrons. The number of anilines is 2. The number of fused-ring (bicyclic) bond motifs is 1. The molecule has 0 radical (unpaired) electrons. The van der Waals surface area contributed by atoms with Gasteiger partial charge in [-0.15, -0.1) is 0 Å². The molecular formula is C23H16BrFN2O3. The van der Waals surface area contributed by atoms with E-state index in [9.17, 15) is 14.0 Å². The Hall–Kier alpha value is -3.03. The molecule has 30 heavy (non-hydrogen) atoms. The lowest BCUT2D eigenvalue weighted by molar-refractivity contribution is -0.126. The minimum Gasteiger partial charge on any atom is -0.273 e. The van der Waals surface area contributed by atoms with Crippen molar-refractivity contribution in [2.75, 3.05) is 9.96 Å². The van der Waals surface area contributed by atoms with Crippen LogP contribution < -0.4 is 9.96 Å². The van der Waals surface area contributed by atoms with Crippen molar-refractivity contribution in [2.45, 2.75) is 12.1 Å². The average Bonchev–Trinajstić information content (AvgIpc) is 3.27. The average molecular weight is 467 g/mol. The Morgan fingerprint density at radius 1 is 0.800 bits per heavy atom. The molecule has 0 aliphatic carbocycles. The first kappa shape index (κ1) is 19.0. The number of hydroxylamine groups is 1. The second kappa shape index (κ2) is 7.34. The van der Waals surface area contributed by atoms with Gasteiger partial charge in [0.1, 0.15) is 11.7 Å². The van der Waals surface area contributed by atoms with Crippen LogP contribution in [0.15, 0.2) is 83.3 Å². The van der Waals surface area contributed by atoms with Crippen LogP contribution in [0.4, 0.5) is 15.8 Å². The number of hydrogen-bond donors (Lipinski definition) is 0. The predicted molar refractivity (Wildman–Crippen MR) is 113 cm³/mol. The van der Waals surface area contributed by atoms with Crippen LogP contribution >= 0.6 is 15.9 Å². The first-order chi connectivity index (χ1) is 14.5. The van der Waals surface area contributed by atoms with Gasteiger partial charge in [-0.2, -0.15) is 0 Å². The van der Waals surface area contributed by atoms with E-state index in [2.05, 4.69) is 15.9 Å². The first-order valence-electron chi connectivity index (χ1n) is 9.44. The maximum Gasteiger partial charge on any atom is 0.266 e. The molecule has 0 spiro atoms. The van der Waals surface area contributed by atoms with E-state index in [1.165, 1.54) is 24.3 Å². The molecule has 3 aromatic rings. The molecular weight excluding hydrogens is 451 g/mol. The van der Waals surface area contributed by atoms with E-state index in [0.717, 1.165) is 20.6 Å². The summed E-state index contributed by atoms with van der Waals surface area (Å²) in [5, 5.41) is 1.65. The topological polar surface area (TPSA) is 49.9 Å². The molecule has 2 fully saturated rings. The number of nitrogens with zero attached hydrogens (tertiary/aromatic N) is 2. The quantitative estimate of drug-likeness (QED) is 0.527. The smallest absolute Gasteiger partial charge is 0.266 e. The van der Waals surface area contributed by atoms with Gasteiger partial charge >= 0.3 is 0 Å². The van der Waals surface area contributed by atoms with Crippen molar-refractivity contribution in [2.24, 2.45) is 5.92 Å². The Bertz CT molecular complexity index is 1110. The van der Waals surface area contributed by atoms with Crippen molar-refractivity contribution >= 4 is 39.1 Å². The molecule has 2 heterocycles. The molecule has 7 heteroatoms. The summed E-state index contributed by atoms with van der Waals surface area (Å²) in [6, 6.07) is 21.8. The van der Waals surface area contributed by atoms with Crippen LogP contribution in [0.3, 0.4) is 0 Å². The summed E-state index contributed by atoms with van der Waals surface area (Å²) in [4.78, 5) is 33.7. The maximum absolute atomic E-state index is 13.4. The van der Waals surface area contributed by atoms with Gasteiger partial charge in [-0.05, 0) is 54.1 Å². The fourth-order valence-electron chi connectivity index (χ4n) is 4.06. The molecule has 2 saturated heterocycles. The predicted octanol–water partition coefficient (Wildman–Crippen LogP) is 4.64. The molecule has 0 aromatic heterocycles. The molecule has 5 nitrogen and oxygen atoms in total. The molecule has 3 atom stereocenters. The van der Waals surface area contributed by atoms with Crippen LogP contribution in [0.1, 0.15) is 11.6 Å². The number of rotatable bonds is 3. The summed E-state index contributed by atoms with van der Waals surface area (Å²) in [5.41, 5.74) is 1.95. The lowest BCUT2D eigenvalue weighted by atomic mass is 9.90. The minimum absolute atomic E-state index is 0.338. The van der Waals surface area contributed by atoms with Crippen LogP contribution in [0.2, 0.25) is 0 Å². The lowest BCUT2D eigenvalue weighted by Gasteiger charge is -2.28. The van der Waals surface area contributed by atoms with Gasteiger partial charge in [0.05, 0.1) is 17.4 Å². The highest BCUT2D eigenvalue weighted by atomic mass is 79.9. The van der Waals surface area contributed by atoms with Crippen molar-refractivity contribution < 1.29 is 18.8 Å². The highest BCUT2D eigenvalue weighted by Crippen LogP contribution is 2.47. The first-order valence-corrected chi connectivity index (χ1v) is 10.2. The third-order valence-corrected chi connectivity index (χ3v) is 5.95. The monoisotopic (exact) mass is 466 g/mol. The fraction of sp³-hybridized carbons (Fsp3) is 0.130. The largest absolute Gasteiger partial charge is 0.273 e. The third kappa shape index (κ3) is 3.02.